The summed E-state index contributed by atoms with van der Waals surface area (Å²) in [5.41, 5.74) is 2.54. The highest BCUT2D eigenvalue weighted by molar-refractivity contribution is 8.02. The molecule has 5 heteroatoms. The van der Waals surface area contributed by atoms with Gasteiger partial charge in [-0.2, -0.15) is 0 Å². The lowest BCUT2D eigenvalue weighted by Gasteiger charge is -2.04. The maximum Gasteiger partial charge on any atom is 0.123 e. The van der Waals surface area contributed by atoms with Crippen LogP contribution < -0.4 is 0 Å². The fourth-order valence-electron chi connectivity index (χ4n) is 2.16. The topological polar surface area (TPSA) is 12.4 Å². The van der Waals surface area contributed by atoms with Gasteiger partial charge < -0.3 is 0 Å². The van der Waals surface area contributed by atoms with Gasteiger partial charge in [0.15, 0.2) is 0 Å². The Kier molecular flexibility index (Phi) is 6.51. The first-order chi connectivity index (χ1) is 12.6. The summed E-state index contributed by atoms with van der Waals surface area (Å²) < 4.78 is 13.0. The largest absolute Gasteiger partial charge is 0.248 e. The zero-order chi connectivity index (χ0) is 18.4. The first kappa shape index (κ1) is 18.7. The van der Waals surface area contributed by atoms with Crippen molar-refractivity contribution in [3.8, 4) is 0 Å². The number of rotatable bonds is 5. The fraction of sp³-hybridized carbons (Fsp3) is 0. The molecule has 3 aromatic carbocycles. The Bertz CT molecular complexity index is 918. The summed E-state index contributed by atoms with van der Waals surface area (Å²) in [4.78, 5) is 5.65. The van der Waals surface area contributed by atoms with Crippen LogP contribution in [0, 0.1) is 5.82 Å². The van der Waals surface area contributed by atoms with Crippen molar-refractivity contribution in [2.24, 2.45) is 4.99 Å². The number of benzene rings is 3. The highest BCUT2D eigenvalue weighted by Gasteiger charge is 2.02. The van der Waals surface area contributed by atoms with Gasteiger partial charge in [0.05, 0.1) is 11.4 Å². The van der Waals surface area contributed by atoms with Crippen LogP contribution in [0.3, 0.4) is 0 Å². The average Bonchev–Trinajstić information content (AvgIpc) is 2.65. The number of hydrogen-bond donors (Lipinski definition) is 0. The minimum absolute atomic E-state index is 0.246. The molecule has 0 atom stereocenters. The van der Waals surface area contributed by atoms with E-state index in [-0.39, 0.29) is 5.82 Å². The molecule has 0 aliphatic rings. The summed E-state index contributed by atoms with van der Waals surface area (Å²) in [6, 6.07) is 21.2. The quantitative estimate of drug-likeness (QED) is 0.317. The Morgan fingerprint density at radius 1 is 0.808 bits per heavy atom. The number of aliphatic imine (C=N–C) groups is 1. The average molecular weight is 402 g/mol. The second-order valence-electron chi connectivity index (χ2n) is 5.35. The van der Waals surface area contributed by atoms with Crippen LogP contribution in [0.1, 0.15) is 5.56 Å². The van der Waals surface area contributed by atoms with Crippen LogP contribution >= 0.6 is 35.0 Å². The van der Waals surface area contributed by atoms with Crippen LogP contribution in [-0.4, -0.2) is 5.71 Å². The van der Waals surface area contributed by atoms with Gasteiger partial charge in [0.1, 0.15) is 5.82 Å². The molecule has 0 spiro atoms. The standard InChI is InChI=1S/C21H14Cl2FNS/c22-16-3-1-15(2-4-16)21(25-19-9-5-17(23)6-10-19)13-14-26-20-11-7-18(24)8-12-20/h1-14H/b14-13+,25-21-. The summed E-state index contributed by atoms with van der Waals surface area (Å²) in [5.74, 6) is -0.246. The predicted molar refractivity (Wildman–Crippen MR) is 110 cm³/mol. The molecule has 0 aliphatic heterocycles. The Morgan fingerprint density at radius 3 is 2.00 bits per heavy atom. The molecular weight excluding hydrogens is 388 g/mol. The first-order valence-corrected chi connectivity index (χ1v) is 9.43. The second kappa shape index (κ2) is 9.04. The van der Waals surface area contributed by atoms with E-state index in [1.807, 2.05) is 47.9 Å². The molecule has 1 nitrogen and oxygen atoms in total. The molecular formula is C21H14Cl2FNS. The number of nitrogens with zero attached hydrogens (tertiary/aromatic N) is 1. The third-order valence-corrected chi connectivity index (χ3v) is 4.78. The van der Waals surface area contributed by atoms with Crippen molar-refractivity contribution >= 4 is 46.4 Å². The molecule has 130 valence electrons. The van der Waals surface area contributed by atoms with E-state index in [4.69, 9.17) is 28.2 Å². The molecule has 0 unspecified atom stereocenters. The molecule has 0 N–H and O–H groups in total. The molecule has 3 aromatic rings. The van der Waals surface area contributed by atoms with E-state index in [1.54, 1.807) is 24.3 Å². The van der Waals surface area contributed by atoms with Gasteiger partial charge in [-0.25, -0.2) is 9.38 Å². The van der Waals surface area contributed by atoms with E-state index < -0.39 is 0 Å². The number of allylic oxidation sites excluding steroid dienone is 1. The summed E-state index contributed by atoms with van der Waals surface area (Å²) >= 11 is 13.4. The molecule has 0 saturated carbocycles. The summed E-state index contributed by atoms with van der Waals surface area (Å²) in [6.07, 6.45) is 1.92. The Hall–Kier alpha value is -2.07. The van der Waals surface area contributed by atoms with Crippen LogP contribution in [0.5, 0.6) is 0 Å². The predicted octanol–water partition coefficient (Wildman–Crippen LogP) is 7.56. The second-order valence-corrected chi connectivity index (χ2v) is 7.21. The number of thioether (sulfide) groups is 1. The SMILES string of the molecule is Fc1ccc(S/C=C/C(=N/c2ccc(Cl)cc2)c2ccc(Cl)cc2)cc1. The van der Waals surface area contributed by atoms with Gasteiger partial charge >= 0.3 is 0 Å². The van der Waals surface area contributed by atoms with E-state index in [9.17, 15) is 4.39 Å². The summed E-state index contributed by atoms with van der Waals surface area (Å²) in [5, 5.41) is 3.26. The Balaban J connectivity index is 1.87. The number of hydrogen-bond acceptors (Lipinski definition) is 2. The van der Waals surface area contributed by atoms with Gasteiger partial charge in [0.25, 0.3) is 0 Å². The molecule has 0 bridgehead atoms. The zero-order valence-corrected chi connectivity index (χ0v) is 15.9. The van der Waals surface area contributed by atoms with Gasteiger partial charge in [-0.05, 0) is 72.1 Å². The lowest BCUT2D eigenvalue weighted by Crippen LogP contribution is -1.95. The van der Waals surface area contributed by atoms with Crippen LogP contribution in [0.15, 0.2) is 94.2 Å². The Morgan fingerprint density at radius 2 is 1.38 bits per heavy atom. The molecule has 0 heterocycles. The van der Waals surface area contributed by atoms with Gasteiger partial charge in [-0.1, -0.05) is 47.1 Å². The van der Waals surface area contributed by atoms with Gasteiger partial charge in [-0.3, -0.25) is 0 Å². The minimum Gasteiger partial charge on any atom is -0.248 e. The zero-order valence-electron chi connectivity index (χ0n) is 13.6. The van der Waals surface area contributed by atoms with E-state index >= 15 is 0 Å². The third-order valence-electron chi connectivity index (χ3n) is 3.46. The molecule has 0 saturated heterocycles. The molecule has 26 heavy (non-hydrogen) atoms. The highest BCUT2D eigenvalue weighted by Crippen LogP contribution is 2.22. The van der Waals surface area contributed by atoms with Gasteiger partial charge in [0, 0.05) is 20.5 Å². The molecule has 3 rings (SSSR count). The molecule has 0 aliphatic carbocycles. The maximum absolute atomic E-state index is 13.0. The summed E-state index contributed by atoms with van der Waals surface area (Å²) in [7, 11) is 0. The van der Waals surface area contributed by atoms with Crippen LogP contribution in [-0.2, 0) is 0 Å². The monoisotopic (exact) mass is 401 g/mol. The van der Waals surface area contributed by atoms with Crippen molar-refractivity contribution in [2.45, 2.75) is 4.90 Å². The molecule has 0 radical (unpaired) electrons. The van der Waals surface area contributed by atoms with E-state index in [2.05, 4.69) is 0 Å². The smallest absolute Gasteiger partial charge is 0.123 e. The fourth-order valence-corrected chi connectivity index (χ4v) is 3.06. The normalized spacial score (nSPS) is 11.9. The van der Waals surface area contributed by atoms with Crippen molar-refractivity contribution in [1.82, 2.24) is 0 Å². The molecule has 0 amide bonds. The van der Waals surface area contributed by atoms with Crippen LogP contribution in [0.4, 0.5) is 10.1 Å². The van der Waals surface area contributed by atoms with Crippen LogP contribution in [0.25, 0.3) is 0 Å². The molecule has 0 aromatic heterocycles. The molecule has 0 fully saturated rings. The lowest BCUT2D eigenvalue weighted by atomic mass is 10.1. The summed E-state index contributed by atoms with van der Waals surface area (Å²) in [6.45, 7) is 0. The first-order valence-electron chi connectivity index (χ1n) is 7.79. The van der Waals surface area contributed by atoms with Gasteiger partial charge in [0.2, 0.25) is 0 Å². The third kappa shape index (κ3) is 5.46. The maximum atomic E-state index is 13.0. The minimum atomic E-state index is -0.246. The lowest BCUT2D eigenvalue weighted by molar-refractivity contribution is 0.626. The van der Waals surface area contributed by atoms with Crippen molar-refractivity contribution < 1.29 is 4.39 Å². The van der Waals surface area contributed by atoms with E-state index in [0.717, 1.165) is 21.9 Å². The Labute approximate surface area is 166 Å². The van der Waals surface area contributed by atoms with Crippen molar-refractivity contribution in [3.05, 3.63) is 106 Å². The van der Waals surface area contributed by atoms with E-state index in [1.165, 1.54) is 23.9 Å². The van der Waals surface area contributed by atoms with Crippen LogP contribution in [0.2, 0.25) is 10.0 Å². The number of halogens is 3. The van der Waals surface area contributed by atoms with Crippen molar-refractivity contribution in [1.29, 1.82) is 0 Å². The van der Waals surface area contributed by atoms with Gasteiger partial charge in [-0.15, -0.1) is 0 Å². The highest BCUT2D eigenvalue weighted by atomic mass is 35.5. The van der Waals surface area contributed by atoms with Crippen molar-refractivity contribution in [3.63, 3.8) is 0 Å². The van der Waals surface area contributed by atoms with E-state index in [0.29, 0.717) is 10.0 Å². The van der Waals surface area contributed by atoms with Crippen molar-refractivity contribution in [2.75, 3.05) is 0 Å².